The molecule has 0 heterocycles. The maximum Gasteiger partial charge on any atom is 0.347 e. The zero-order valence-corrected chi connectivity index (χ0v) is 12.6. The maximum atomic E-state index is 11.8. The van der Waals surface area contributed by atoms with Crippen molar-refractivity contribution in [3.05, 3.63) is 0 Å². The lowest BCUT2D eigenvalue weighted by Gasteiger charge is -2.26. The minimum Gasteiger partial charge on any atom is -0.460 e. The van der Waals surface area contributed by atoms with E-state index in [4.69, 9.17) is 9.47 Å². The molecule has 0 aliphatic heterocycles. The number of hydrogen-bond acceptors (Lipinski definition) is 4. The second-order valence-corrected chi connectivity index (χ2v) is 5.82. The lowest BCUT2D eigenvalue weighted by atomic mass is 9.82. The fraction of sp³-hybridized carbons (Fsp3) is 0.857. The lowest BCUT2D eigenvalue weighted by Crippen LogP contribution is -2.34. The summed E-state index contributed by atoms with van der Waals surface area (Å²) in [5.41, 5.74) is -0.183. The van der Waals surface area contributed by atoms with Gasteiger partial charge in [-0.15, -0.1) is 0 Å². The van der Waals surface area contributed by atoms with Gasteiger partial charge >= 0.3 is 11.9 Å². The van der Waals surface area contributed by atoms with Crippen LogP contribution in [-0.2, 0) is 19.1 Å². The molecule has 18 heavy (non-hydrogen) atoms. The Hall–Kier alpha value is -1.06. The highest BCUT2D eigenvalue weighted by molar-refractivity contribution is 5.80. The molecule has 0 spiro atoms. The first-order chi connectivity index (χ1) is 8.09. The van der Waals surface area contributed by atoms with Crippen LogP contribution in [0, 0.1) is 11.3 Å². The van der Waals surface area contributed by atoms with Crippen LogP contribution in [0.2, 0.25) is 0 Å². The summed E-state index contributed by atoms with van der Waals surface area (Å²) >= 11 is 0. The molecule has 3 unspecified atom stereocenters. The molecule has 106 valence electrons. The van der Waals surface area contributed by atoms with Crippen LogP contribution in [0.5, 0.6) is 0 Å². The van der Waals surface area contributed by atoms with Gasteiger partial charge in [0.1, 0.15) is 0 Å². The summed E-state index contributed by atoms with van der Waals surface area (Å²) in [4.78, 5) is 23.5. The van der Waals surface area contributed by atoms with E-state index in [1.165, 1.54) is 6.92 Å². The number of carbonyl (C=O) groups excluding carboxylic acids is 2. The van der Waals surface area contributed by atoms with E-state index in [1.54, 1.807) is 6.92 Å². The summed E-state index contributed by atoms with van der Waals surface area (Å²) in [7, 11) is 0. The van der Waals surface area contributed by atoms with E-state index >= 15 is 0 Å². The van der Waals surface area contributed by atoms with Crippen LogP contribution in [0.1, 0.15) is 54.9 Å². The van der Waals surface area contributed by atoms with Gasteiger partial charge in [-0.2, -0.15) is 0 Å². The summed E-state index contributed by atoms with van der Waals surface area (Å²) in [6, 6.07) is 0. The molecular weight excluding hydrogens is 232 g/mol. The van der Waals surface area contributed by atoms with Gasteiger partial charge in [0.25, 0.3) is 0 Å². The Labute approximate surface area is 110 Å². The van der Waals surface area contributed by atoms with Gasteiger partial charge in [-0.25, -0.2) is 4.79 Å². The molecule has 0 aliphatic carbocycles. The molecule has 0 aromatic carbocycles. The smallest absolute Gasteiger partial charge is 0.347 e. The molecule has 0 amide bonds. The number of ether oxygens (including phenoxy) is 2. The standard InChI is InChI=1S/C14H26O4/c1-8-9(2)17-13(16)11(4)18-12(15)10(3)14(5,6)7/h9-11H,8H2,1-7H3. The summed E-state index contributed by atoms with van der Waals surface area (Å²) in [5, 5.41) is 0. The third kappa shape index (κ3) is 5.52. The SMILES string of the molecule is CCC(C)OC(=O)C(C)OC(=O)C(C)C(C)(C)C. The number of rotatable bonds is 5. The van der Waals surface area contributed by atoms with Crippen LogP contribution in [0.25, 0.3) is 0 Å². The zero-order valence-electron chi connectivity index (χ0n) is 12.6. The third-order valence-electron chi connectivity index (χ3n) is 3.17. The normalized spacial score (nSPS) is 16.6. The van der Waals surface area contributed by atoms with Crippen LogP contribution in [-0.4, -0.2) is 24.1 Å². The second kappa shape index (κ2) is 6.76. The predicted molar refractivity (Wildman–Crippen MR) is 70.0 cm³/mol. The maximum absolute atomic E-state index is 11.8. The average Bonchev–Trinajstić information content (AvgIpc) is 2.26. The van der Waals surface area contributed by atoms with Gasteiger partial charge in [-0.1, -0.05) is 34.6 Å². The highest BCUT2D eigenvalue weighted by atomic mass is 16.6. The second-order valence-electron chi connectivity index (χ2n) is 5.82. The predicted octanol–water partition coefficient (Wildman–Crippen LogP) is 2.94. The topological polar surface area (TPSA) is 52.6 Å². The Balaban J connectivity index is 4.36. The Bertz CT molecular complexity index is 291. The van der Waals surface area contributed by atoms with Gasteiger partial charge in [0, 0.05) is 0 Å². The summed E-state index contributed by atoms with van der Waals surface area (Å²) in [5.74, 6) is -1.12. The Morgan fingerprint density at radius 1 is 1.00 bits per heavy atom. The Morgan fingerprint density at radius 2 is 1.50 bits per heavy atom. The first-order valence-corrected chi connectivity index (χ1v) is 6.50. The fourth-order valence-corrected chi connectivity index (χ4v) is 1.06. The molecule has 0 N–H and O–H groups in total. The van der Waals surface area contributed by atoms with E-state index in [1.807, 2.05) is 34.6 Å². The van der Waals surface area contributed by atoms with Gasteiger partial charge < -0.3 is 9.47 Å². The van der Waals surface area contributed by atoms with Gasteiger partial charge in [0.2, 0.25) is 0 Å². The lowest BCUT2D eigenvalue weighted by molar-refractivity contribution is -0.173. The number of esters is 2. The Morgan fingerprint density at radius 3 is 1.89 bits per heavy atom. The van der Waals surface area contributed by atoms with E-state index in [-0.39, 0.29) is 23.4 Å². The van der Waals surface area contributed by atoms with Crippen molar-refractivity contribution >= 4 is 11.9 Å². The summed E-state index contributed by atoms with van der Waals surface area (Å²) in [6.45, 7) is 13.0. The molecule has 0 bridgehead atoms. The highest BCUT2D eigenvalue weighted by Gasteiger charge is 2.31. The van der Waals surface area contributed by atoms with E-state index in [2.05, 4.69) is 0 Å². The fourth-order valence-electron chi connectivity index (χ4n) is 1.06. The summed E-state index contributed by atoms with van der Waals surface area (Å²) in [6.07, 6.45) is -0.264. The van der Waals surface area contributed by atoms with Crippen molar-refractivity contribution in [3.8, 4) is 0 Å². The van der Waals surface area contributed by atoms with Gasteiger partial charge in [-0.3, -0.25) is 4.79 Å². The van der Waals surface area contributed by atoms with E-state index in [9.17, 15) is 9.59 Å². The molecule has 0 aliphatic rings. The van der Waals surface area contributed by atoms with Crippen LogP contribution >= 0.6 is 0 Å². The van der Waals surface area contributed by atoms with Gasteiger partial charge in [0.15, 0.2) is 6.10 Å². The molecule has 0 saturated heterocycles. The van der Waals surface area contributed by atoms with Crippen molar-refractivity contribution in [1.29, 1.82) is 0 Å². The molecule has 4 heteroatoms. The molecule has 0 radical (unpaired) electrons. The monoisotopic (exact) mass is 258 g/mol. The van der Waals surface area contributed by atoms with Crippen molar-refractivity contribution in [3.63, 3.8) is 0 Å². The molecule has 0 saturated carbocycles. The first-order valence-electron chi connectivity index (χ1n) is 6.50. The summed E-state index contributed by atoms with van der Waals surface area (Å²) < 4.78 is 10.2. The quantitative estimate of drug-likeness (QED) is 0.711. The first kappa shape index (κ1) is 16.9. The van der Waals surface area contributed by atoms with Crippen molar-refractivity contribution < 1.29 is 19.1 Å². The molecule has 4 nitrogen and oxygen atoms in total. The highest BCUT2D eigenvalue weighted by Crippen LogP contribution is 2.26. The van der Waals surface area contributed by atoms with Crippen molar-refractivity contribution in [1.82, 2.24) is 0 Å². The molecule has 3 atom stereocenters. The molecule has 0 aromatic rings. The third-order valence-corrected chi connectivity index (χ3v) is 3.17. The van der Waals surface area contributed by atoms with Crippen LogP contribution in [0.4, 0.5) is 0 Å². The van der Waals surface area contributed by atoms with E-state index < -0.39 is 12.1 Å². The minimum absolute atomic E-state index is 0.154. The average molecular weight is 258 g/mol. The van der Waals surface area contributed by atoms with Crippen molar-refractivity contribution in [2.75, 3.05) is 0 Å². The van der Waals surface area contributed by atoms with Gasteiger partial charge in [-0.05, 0) is 25.7 Å². The minimum atomic E-state index is -0.851. The number of hydrogen-bond donors (Lipinski definition) is 0. The van der Waals surface area contributed by atoms with Crippen LogP contribution < -0.4 is 0 Å². The largest absolute Gasteiger partial charge is 0.460 e. The van der Waals surface area contributed by atoms with Crippen LogP contribution in [0.15, 0.2) is 0 Å². The molecule has 0 rings (SSSR count). The number of carbonyl (C=O) groups is 2. The molecule has 0 fully saturated rings. The zero-order chi connectivity index (χ0) is 14.5. The molecular formula is C14H26O4. The van der Waals surface area contributed by atoms with Crippen molar-refractivity contribution in [2.45, 2.75) is 67.1 Å². The van der Waals surface area contributed by atoms with Crippen LogP contribution in [0.3, 0.4) is 0 Å². The van der Waals surface area contributed by atoms with Crippen molar-refractivity contribution in [2.24, 2.45) is 11.3 Å². The molecule has 0 aromatic heterocycles. The Kier molecular flexibility index (Phi) is 6.36. The van der Waals surface area contributed by atoms with E-state index in [0.29, 0.717) is 0 Å². The van der Waals surface area contributed by atoms with Gasteiger partial charge in [0.05, 0.1) is 12.0 Å². The van der Waals surface area contributed by atoms with E-state index in [0.717, 1.165) is 6.42 Å².